The maximum atomic E-state index is 8.72. The quantitative estimate of drug-likeness (QED) is 0.897. The molecule has 1 aliphatic heterocycles. The summed E-state index contributed by atoms with van der Waals surface area (Å²) in [4.78, 5) is 7.85. The van der Waals surface area contributed by atoms with Gasteiger partial charge < -0.3 is 14.8 Å². The fourth-order valence-electron chi connectivity index (χ4n) is 1.75. The number of rotatable bonds is 3. The van der Waals surface area contributed by atoms with Crippen LogP contribution in [0, 0.1) is 11.3 Å². The molecule has 94 valence electrons. The van der Waals surface area contributed by atoms with Gasteiger partial charge in [-0.15, -0.1) is 0 Å². The molecular weight excluding hydrogens is 244 g/mol. The van der Waals surface area contributed by atoms with E-state index in [2.05, 4.69) is 15.3 Å². The van der Waals surface area contributed by atoms with Crippen molar-refractivity contribution < 1.29 is 9.47 Å². The predicted molar refractivity (Wildman–Crippen MR) is 66.6 cm³/mol. The Balaban J connectivity index is 1.70. The third-order valence-corrected chi connectivity index (χ3v) is 2.67. The van der Waals surface area contributed by atoms with Crippen LogP contribution in [-0.2, 0) is 6.54 Å². The summed E-state index contributed by atoms with van der Waals surface area (Å²) in [5.41, 5.74) is 1.04. The van der Waals surface area contributed by atoms with E-state index < -0.39 is 0 Å². The normalized spacial score (nSPS) is 11.9. The van der Waals surface area contributed by atoms with Gasteiger partial charge >= 0.3 is 0 Å². The van der Waals surface area contributed by atoms with E-state index in [1.165, 1.54) is 0 Å². The van der Waals surface area contributed by atoms with E-state index in [-0.39, 0.29) is 12.6 Å². The molecule has 0 aliphatic carbocycles. The maximum Gasteiger partial charge on any atom is 0.234 e. The fraction of sp³-hybridized carbons (Fsp3) is 0.154. The Morgan fingerprint density at radius 2 is 2.16 bits per heavy atom. The summed E-state index contributed by atoms with van der Waals surface area (Å²) in [6.07, 6.45) is 1.55. The van der Waals surface area contributed by atoms with Crippen molar-refractivity contribution in [3.05, 3.63) is 41.9 Å². The van der Waals surface area contributed by atoms with Gasteiger partial charge in [-0.3, -0.25) is 0 Å². The zero-order valence-electron chi connectivity index (χ0n) is 9.96. The second kappa shape index (κ2) is 4.82. The molecule has 0 amide bonds. The van der Waals surface area contributed by atoms with Gasteiger partial charge in [-0.2, -0.15) is 5.26 Å². The minimum absolute atomic E-state index is 0.149. The lowest BCUT2D eigenvalue weighted by Gasteiger charge is -2.06. The SMILES string of the molecule is N#Cc1nccc(NCc2ccc3c(c2)OCO3)n1. The van der Waals surface area contributed by atoms with Crippen LogP contribution in [0.1, 0.15) is 11.4 Å². The van der Waals surface area contributed by atoms with Crippen LogP contribution in [0.25, 0.3) is 0 Å². The van der Waals surface area contributed by atoms with Crippen LogP contribution >= 0.6 is 0 Å². The molecular formula is C13H10N4O2. The van der Waals surface area contributed by atoms with Crippen molar-refractivity contribution in [3.63, 3.8) is 0 Å². The van der Waals surface area contributed by atoms with Gasteiger partial charge in [0.25, 0.3) is 0 Å². The summed E-state index contributed by atoms with van der Waals surface area (Å²) < 4.78 is 10.6. The molecule has 0 spiro atoms. The number of ether oxygens (including phenoxy) is 2. The van der Waals surface area contributed by atoms with E-state index in [4.69, 9.17) is 14.7 Å². The van der Waals surface area contributed by atoms with Gasteiger partial charge in [0.1, 0.15) is 11.9 Å². The predicted octanol–water partition coefficient (Wildman–Crippen LogP) is 1.69. The van der Waals surface area contributed by atoms with Crippen molar-refractivity contribution in [1.82, 2.24) is 9.97 Å². The van der Waals surface area contributed by atoms with Crippen molar-refractivity contribution in [2.45, 2.75) is 6.54 Å². The Hall–Kier alpha value is -2.81. The van der Waals surface area contributed by atoms with Crippen LogP contribution in [0.3, 0.4) is 0 Å². The summed E-state index contributed by atoms with van der Waals surface area (Å²) in [6.45, 7) is 0.849. The fourth-order valence-corrected chi connectivity index (χ4v) is 1.75. The zero-order chi connectivity index (χ0) is 13.1. The number of benzene rings is 1. The molecule has 1 N–H and O–H groups in total. The molecule has 6 nitrogen and oxygen atoms in total. The highest BCUT2D eigenvalue weighted by Gasteiger charge is 2.12. The van der Waals surface area contributed by atoms with Gasteiger partial charge in [-0.05, 0) is 23.8 Å². The van der Waals surface area contributed by atoms with E-state index in [1.54, 1.807) is 12.3 Å². The first-order chi connectivity index (χ1) is 9.35. The minimum atomic E-state index is 0.149. The van der Waals surface area contributed by atoms with Gasteiger partial charge in [0.05, 0.1) is 0 Å². The number of nitriles is 1. The Morgan fingerprint density at radius 3 is 3.05 bits per heavy atom. The van der Waals surface area contributed by atoms with Crippen molar-refractivity contribution in [2.24, 2.45) is 0 Å². The van der Waals surface area contributed by atoms with Gasteiger partial charge in [-0.1, -0.05) is 6.07 Å². The lowest BCUT2D eigenvalue weighted by molar-refractivity contribution is 0.174. The topological polar surface area (TPSA) is 80.1 Å². The highest BCUT2D eigenvalue weighted by atomic mass is 16.7. The molecule has 0 atom stereocenters. The Morgan fingerprint density at radius 1 is 1.26 bits per heavy atom. The average molecular weight is 254 g/mol. The highest BCUT2D eigenvalue weighted by Crippen LogP contribution is 2.32. The van der Waals surface area contributed by atoms with Gasteiger partial charge in [-0.25, -0.2) is 9.97 Å². The van der Waals surface area contributed by atoms with Crippen LogP contribution in [0.15, 0.2) is 30.5 Å². The summed E-state index contributed by atoms with van der Waals surface area (Å²) >= 11 is 0. The van der Waals surface area contributed by atoms with Crippen LogP contribution < -0.4 is 14.8 Å². The average Bonchev–Trinajstić information content (AvgIpc) is 2.93. The molecule has 0 bridgehead atoms. The molecule has 1 aliphatic rings. The third-order valence-electron chi connectivity index (χ3n) is 2.67. The van der Waals surface area contributed by atoms with Gasteiger partial charge in [0.2, 0.25) is 12.6 Å². The largest absolute Gasteiger partial charge is 0.454 e. The molecule has 1 aromatic carbocycles. The lowest BCUT2D eigenvalue weighted by atomic mass is 10.2. The molecule has 1 aromatic heterocycles. The summed E-state index contributed by atoms with van der Waals surface area (Å²) in [5.74, 6) is 2.28. The minimum Gasteiger partial charge on any atom is -0.454 e. The van der Waals surface area contributed by atoms with Crippen LogP contribution in [0.5, 0.6) is 11.5 Å². The summed E-state index contributed by atoms with van der Waals surface area (Å²) in [7, 11) is 0. The smallest absolute Gasteiger partial charge is 0.234 e. The first kappa shape index (κ1) is 11.3. The molecule has 3 rings (SSSR count). The first-order valence-corrected chi connectivity index (χ1v) is 5.71. The van der Waals surface area contributed by atoms with E-state index in [0.29, 0.717) is 12.4 Å². The van der Waals surface area contributed by atoms with Crippen molar-refractivity contribution in [1.29, 1.82) is 5.26 Å². The molecule has 0 saturated heterocycles. The van der Waals surface area contributed by atoms with Crippen LogP contribution in [0.2, 0.25) is 0 Å². The second-order valence-corrected chi connectivity index (χ2v) is 3.92. The number of hydrogen-bond donors (Lipinski definition) is 1. The standard InChI is InChI=1S/C13H10N4O2/c14-6-13-15-4-3-12(17-13)16-7-9-1-2-10-11(5-9)19-8-18-10/h1-5H,7-8H2,(H,15,16,17). The Labute approximate surface area is 109 Å². The highest BCUT2D eigenvalue weighted by molar-refractivity contribution is 5.45. The zero-order valence-corrected chi connectivity index (χ0v) is 9.96. The van der Waals surface area contributed by atoms with Crippen LogP contribution in [-0.4, -0.2) is 16.8 Å². The first-order valence-electron chi connectivity index (χ1n) is 5.71. The van der Waals surface area contributed by atoms with E-state index in [1.807, 2.05) is 24.3 Å². The number of nitrogens with zero attached hydrogens (tertiary/aromatic N) is 3. The summed E-state index contributed by atoms with van der Waals surface area (Å²) in [5, 5.41) is 11.8. The molecule has 2 heterocycles. The second-order valence-electron chi connectivity index (χ2n) is 3.92. The van der Waals surface area contributed by atoms with Crippen molar-refractivity contribution in [2.75, 3.05) is 12.1 Å². The number of hydrogen-bond acceptors (Lipinski definition) is 6. The molecule has 2 aromatic rings. The number of nitrogens with one attached hydrogen (secondary N) is 1. The molecule has 0 fully saturated rings. The van der Waals surface area contributed by atoms with E-state index in [9.17, 15) is 0 Å². The lowest BCUT2D eigenvalue weighted by Crippen LogP contribution is -2.02. The van der Waals surface area contributed by atoms with Crippen LogP contribution in [0.4, 0.5) is 5.82 Å². The van der Waals surface area contributed by atoms with Crippen molar-refractivity contribution in [3.8, 4) is 17.6 Å². The number of aromatic nitrogens is 2. The molecule has 19 heavy (non-hydrogen) atoms. The van der Waals surface area contributed by atoms with Crippen molar-refractivity contribution >= 4 is 5.82 Å². The van der Waals surface area contributed by atoms with Gasteiger partial charge in [0.15, 0.2) is 11.5 Å². The Kier molecular flexibility index (Phi) is 2.86. The number of fused-ring (bicyclic) bond motifs is 1. The van der Waals surface area contributed by atoms with Gasteiger partial charge in [0, 0.05) is 12.7 Å². The Bertz CT molecular complexity index is 651. The molecule has 6 heteroatoms. The maximum absolute atomic E-state index is 8.72. The van der Waals surface area contributed by atoms with E-state index in [0.717, 1.165) is 17.1 Å². The molecule has 0 saturated carbocycles. The van der Waals surface area contributed by atoms with E-state index >= 15 is 0 Å². The number of anilines is 1. The monoisotopic (exact) mass is 254 g/mol. The third kappa shape index (κ3) is 2.40. The molecule has 0 radical (unpaired) electrons. The molecule has 0 unspecified atom stereocenters. The summed E-state index contributed by atoms with van der Waals surface area (Å²) in [6, 6.07) is 9.36.